The highest BCUT2D eigenvalue weighted by molar-refractivity contribution is 6.03. The maximum atomic E-state index is 11.8. The second kappa shape index (κ2) is 7.55. The third-order valence-corrected chi connectivity index (χ3v) is 2.84. The molecule has 2 rings (SSSR count). The third-order valence-electron chi connectivity index (χ3n) is 2.84. The van der Waals surface area contributed by atoms with Crippen molar-refractivity contribution >= 4 is 17.5 Å². The predicted octanol–water partition coefficient (Wildman–Crippen LogP) is 1.60. The molecule has 6 nitrogen and oxygen atoms in total. The minimum Gasteiger partial charge on any atom is -0.352 e. The lowest BCUT2D eigenvalue weighted by Gasteiger charge is -2.07. The average Bonchev–Trinajstić information content (AvgIpc) is 2.54. The van der Waals surface area contributed by atoms with Gasteiger partial charge in [0.15, 0.2) is 0 Å². The number of hydrogen-bond acceptors (Lipinski definition) is 4. The number of carbonyl (C=O) groups excluding carboxylic acids is 2. The van der Waals surface area contributed by atoms with Crippen LogP contribution in [0, 0.1) is 11.3 Å². The SMILES string of the molecule is N#Cc1cccc(NC(=O)CC(=O)NCc2ccncc2)c1. The van der Waals surface area contributed by atoms with E-state index in [0.29, 0.717) is 17.8 Å². The lowest BCUT2D eigenvalue weighted by molar-refractivity contribution is -0.126. The molecule has 0 unspecified atom stereocenters. The third kappa shape index (κ3) is 4.72. The topological polar surface area (TPSA) is 94.9 Å². The quantitative estimate of drug-likeness (QED) is 0.819. The molecule has 0 aliphatic heterocycles. The second-order valence-electron chi connectivity index (χ2n) is 4.55. The Balaban J connectivity index is 1.81. The van der Waals surface area contributed by atoms with E-state index in [1.807, 2.05) is 6.07 Å². The summed E-state index contributed by atoms with van der Waals surface area (Å²) in [5, 5.41) is 14.0. The Morgan fingerprint density at radius 1 is 1.14 bits per heavy atom. The first kappa shape index (κ1) is 15.2. The number of carbonyl (C=O) groups is 2. The minimum absolute atomic E-state index is 0.276. The number of nitriles is 1. The summed E-state index contributed by atoms with van der Waals surface area (Å²) >= 11 is 0. The van der Waals surface area contributed by atoms with E-state index in [1.54, 1.807) is 48.8 Å². The number of anilines is 1. The molecular formula is C16H14N4O2. The molecule has 22 heavy (non-hydrogen) atoms. The fraction of sp³-hybridized carbons (Fsp3) is 0.125. The molecule has 2 amide bonds. The Bertz CT molecular complexity index is 708. The van der Waals surface area contributed by atoms with Crippen LogP contribution in [0.3, 0.4) is 0 Å². The van der Waals surface area contributed by atoms with Gasteiger partial charge in [-0.05, 0) is 35.9 Å². The van der Waals surface area contributed by atoms with Crippen LogP contribution in [0.25, 0.3) is 0 Å². The first-order valence-electron chi connectivity index (χ1n) is 6.63. The van der Waals surface area contributed by atoms with Gasteiger partial charge in [0.05, 0.1) is 11.6 Å². The van der Waals surface area contributed by atoms with Crippen LogP contribution in [0.2, 0.25) is 0 Å². The molecule has 0 aliphatic carbocycles. The predicted molar refractivity (Wildman–Crippen MR) is 80.5 cm³/mol. The van der Waals surface area contributed by atoms with Gasteiger partial charge in [-0.25, -0.2) is 0 Å². The maximum Gasteiger partial charge on any atom is 0.233 e. The van der Waals surface area contributed by atoms with Crippen LogP contribution in [-0.4, -0.2) is 16.8 Å². The van der Waals surface area contributed by atoms with Crippen molar-refractivity contribution in [2.45, 2.75) is 13.0 Å². The zero-order valence-corrected chi connectivity index (χ0v) is 11.7. The number of benzene rings is 1. The van der Waals surface area contributed by atoms with Crippen molar-refractivity contribution in [1.29, 1.82) is 5.26 Å². The van der Waals surface area contributed by atoms with E-state index in [0.717, 1.165) is 5.56 Å². The summed E-state index contributed by atoms with van der Waals surface area (Å²) < 4.78 is 0. The molecule has 0 fully saturated rings. The summed E-state index contributed by atoms with van der Waals surface area (Å²) in [5.74, 6) is -0.798. The Morgan fingerprint density at radius 3 is 2.64 bits per heavy atom. The molecule has 1 aromatic heterocycles. The highest BCUT2D eigenvalue weighted by Crippen LogP contribution is 2.09. The van der Waals surface area contributed by atoms with Crippen molar-refractivity contribution in [2.24, 2.45) is 0 Å². The molecule has 0 radical (unpaired) electrons. The van der Waals surface area contributed by atoms with Crippen LogP contribution in [-0.2, 0) is 16.1 Å². The lowest BCUT2D eigenvalue weighted by atomic mass is 10.2. The maximum absolute atomic E-state index is 11.8. The smallest absolute Gasteiger partial charge is 0.233 e. The number of amides is 2. The van der Waals surface area contributed by atoms with Gasteiger partial charge in [-0.3, -0.25) is 14.6 Å². The van der Waals surface area contributed by atoms with Gasteiger partial charge >= 0.3 is 0 Å². The zero-order valence-electron chi connectivity index (χ0n) is 11.7. The van der Waals surface area contributed by atoms with Crippen LogP contribution in [0.1, 0.15) is 17.5 Å². The molecule has 0 bridgehead atoms. The van der Waals surface area contributed by atoms with E-state index in [1.165, 1.54) is 0 Å². The van der Waals surface area contributed by atoms with Gasteiger partial charge < -0.3 is 10.6 Å². The number of aromatic nitrogens is 1. The summed E-state index contributed by atoms with van der Waals surface area (Å²) in [7, 11) is 0. The molecule has 0 atom stereocenters. The first-order chi connectivity index (χ1) is 10.7. The standard InChI is InChI=1S/C16H14N4O2/c17-10-13-2-1-3-14(8-13)20-16(22)9-15(21)19-11-12-4-6-18-7-5-12/h1-8H,9,11H2,(H,19,21)(H,20,22). The van der Waals surface area contributed by atoms with Crippen molar-refractivity contribution in [2.75, 3.05) is 5.32 Å². The minimum atomic E-state index is -0.428. The number of pyridine rings is 1. The van der Waals surface area contributed by atoms with Crippen molar-refractivity contribution in [3.8, 4) is 6.07 Å². The van der Waals surface area contributed by atoms with Gasteiger partial charge in [-0.1, -0.05) is 6.07 Å². The van der Waals surface area contributed by atoms with Crippen LogP contribution in [0.4, 0.5) is 5.69 Å². The molecule has 2 aromatic rings. The number of nitrogens with zero attached hydrogens (tertiary/aromatic N) is 2. The average molecular weight is 294 g/mol. The van der Waals surface area contributed by atoms with Crippen molar-refractivity contribution in [3.63, 3.8) is 0 Å². The summed E-state index contributed by atoms with van der Waals surface area (Å²) in [5.41, 5.74) is 1.84. The monoisotopic (exact) mass is 294 g/mol. The number of nitrogens with one attached hydrogen (secondary N) is 2. The number of hydrogen-bond donors (Lipinski definition) is 2. The van der Waals surface area contributed by atoms with Gasteiger partial charge in [0.25, 0.3) is 0 Å². The summed E-state index contributed by atoms with van der Waals surface area (Å²) in [6.07, 6.45) is 2.99. The molecule has 6 heteroatoms. The molecule has 1 aromatic carbocycles. The van der Waals surface area contributed by atoms with Crippen LogP contribution in [0.15, 0.2) is 48.8 Å². The Kier molecular flexibility index (Phi) is 5.21. The van der Waals surface area contributed by atoms with Gasteiger partial charge in [-0.15, -0.1) is 0 Å². The normalized spacial score (nSPS) is 9.59. The molecule has 0 aliphatic rings. The summed E-state index contributed by atoms with van der Waals surface area (Å²) in [6, 6.07) is 12.1. The molecule has 1 heterocycles. The van der Waals surface area contributed by atoms with E-state index < -0.39 is 5.91 Å². The molecule has 110 valence electrons. The molecule has 2 N–H and O–H groups in total. The first-order valence-corrected chi connectivity index (χ1v) is 6.63. The highest BCUT2D eigenvalue weighted by atomic mass is 16.2. The zero-order chi connectivity index (χ0) is 15.8. The lowest BCUT2D eigenvalue weighted by Crippen LogP contribution is -2.27. The van der Waals surface area contributed by atoms with Gasteiger partial charge in [0.2, 0.25) is 11.8 Å². The van der Waals surface area contributed by atoms with Crippen LogP contribution >= 0.6 is 0 Å². The van der Waals surface area contributed by atoms with Gasteiger partial charge in [-0.2, -0.15) is 5.26 Å². The molecule has 0 saturated heterocycles. The van der Waals surface area contributed by atoms with Crippen LogP contribution in [0.5, 0.6) is 0 Å². The second-order valence-corrected chi connectivity index (χ2v) is 4.55. The fourth-order valence-corrected chi connectivity index (χ4v) is 1.78. The largest absolute Gasteiger partial charge is 0.352 e. The van der Waals surface area contributed by atoms with Crippen LogP contribution < -0.4 is 10.6 Å². The van der Waals surface area contributed by atoms with E-state index in [2.05, 4.69) is 15.6 Å². The van der Waals surface area contributed by atoms with E-state index in [4.69, 9.17) is 5.26 Å². The number of rotatable bonds is 5. The highest BCUT2D eigenvalue weighted by Gasteiger charge is 2.09. The van der Waals surface area contributed by atoms with Crippen molar-refractivity contribution < 1.29 is 9.59 Å². The van der Waals surface area contributed by atoms with Crippen molar-refractivity contribution in [3.05, 3.63) is 59.9 Å². The Labute approximate surface area is 127 Å². The fourth-order valence-electron chi connectivity index (χ4n) is 1.78. The summed E-state index contributed by atoms with van der Waals surface area (Å²) in [6.45, 7) is 0.346. The van der Waals surface area contributed by atoms with Gasteiger partial charge in [0, 0.05) is 24.6 Å². The van der Waals surface area contributed by atoms with E-state index >= 15 is 0 Å². The Hall–Kier alpha value is -3.20. The van der Waals surface area contributed by atoms with E-state index in [9.17, 15) is 9.59 Å². The van der Waals surface area contributed by atoms with Gasteiger partial charge in [0.1, 0.15) is 6.42 Å². The van der Waals surface area contributed by atoms with Crippen molar-refractivity contribution in [1.82, 2.24) is 10.3 Å². The van der Waals surface area contributed by atoms with E-state index in [-0.39, 0.29) is 12.3 Å². The molecular weight excluding hydrogens is 280 g/mol. The Morgan fingerprint density at radius 2 is 1.91 bits per heavy atom. The summed E-state index contributed by atoms with van der Waals surface area (Å²) in [4.78, 5) is 27.4. The molecule has 0 saturated carbocycles. The molecule has 0 spiro atoms.